The van der Waals surface area contributed by atoms with E-state index in [0.717, 1.165) is 17.7 Å². The maximum absolute atomic E-state index is 12.5. The van der Waals surface area contributed by atoms with E-state index in [9.17, 15) is 4.79 Å². The number of aryl methyl sites for hydroxylation is 1. The maximum Gasteiger partial charge on any atom is 0.272 e. The van der Waals surface area contributed by atoms with Crippen LogP contribution in [0.2, 0.25) is 5.02 Å². The van der Waals surface area contributed by atoms with Crippen LogP contribution in [0.1, 0.15) is 41.1 Å². The van der Waals surface area contributed by atoms with Gasteiger partial charge in [0.2, 0.25) is 5.78 Å². The van der Waals surface area contributed by atoms with Crippen molar-refractivity contribution < 1.29 is 4.79 Å². The van der Waals surface area contributed by atoms with Crippen molar-refractivity contribution in [2.24, 2.45) is 0 Å². The molecule has 3 aromatic rings. The summed E-state index contributed by atoms with van der Waals surface area (Å²) < 4.78 is 1.63. The van der Waals surface area contributed by atoms with E-state index >= 15 is 0 Å². The fraction of sp³-hybridized carbons (Fsp3) is 0.250. The summed E-state index contributed by atoms with van der Waals surface area (Å²) in [6.45, 7) is 3.98. The van der Waals surface area contributed by atoms with E-state index in [0.29, 0.717) is 16.5 Å². The van der Waals surface area contributed by atoms with Crippen molar-refractivity contribution in [2.45, 2.75) is 26.3 Å². The number of rotatable bonds is 4. The molecule has 3 rings (SSSR count). The third-order valence-electron chi connectivity index (χ3n) is 3.60. The minimum atomic E-state index is -0.261. The van der Waals surface area contributed by atoms with Crippen molar-refractivity contribution in [3.8, 4) is 0 Å². The van der Waals surface area contributed by atoms with Gasteiger partial charge in [-0.2, -0.15) is 0 Å². The van der Waals surface area contributed by atoms with E-state index < -0.39 is 0 Å². The summed E-state index contributed by atoms with van der Waals surface area (Å²) >= 11 is 5.89. The summed E-state index contributed by atoms with van der Waals surface area (Å²) in [6.07, 6.45) is 7.24. The van der Waals surface area contributed by atoms with Crippen molar-refractivity contribution in [2.75, 3.05) is 0 Å². The van der Waals surface area contributed by atoms with Crippen LogP contribution in [0.25, 0.3) is 5.78 Å². The molecule has 6 nitrogen and oxygen atoms in total. The molecule has 23 heavy (non-hydrogen) atoms. The van der Waals surface area contributed by atoms with E-state index in [1.807, 2.05) is 26.0 Å². The standard InChI is InChI=1S/C16H16ClN5O/c1-3-12(14-10(2)5-4-6-18-14)20-15(23)13-9-22-8-11(17)7-19-16(22)21-13/h4-9,12H,3H2,1-2H3,(H,20,23). The zero-order valence-corrected chi connectivity index (χ0v) is 13.6. The smallest absolute Gasteiger partial charge is 0.272 e. The van der Waals surface area contributed by atoms with Gasteiger partial charge in [0.1, 0.15) is 5.69 Å². The Morgan fingerprint density at radius 3 is 2.96 bits per heavy atom. The van der Waals surface area contributed by atoms with Gasteiger partial charge in [-0.15, -0.1) is 0 Å². The summed E-state index contributed by atoms with van der Waals surface area (Å²) in [5.74, 6) is 0.171. The molecule has 0 aliphatic heterocycles. The number of pyridine rings is 1. The van der Waals surface area contributed by atoms with Gasteiger partial charge in [-0.1, -0.05) is 24.6 Å². The number of carbonyl (C=O) groups is 1. The average molecular weight is 330 g/mol. The van der Waals surface area contributed by atoms with Gasteiger partial charge in [0.05, 0.1) is 23.0 Å². The molecule has 1 atom stereocenters. The van der Waals surface area contributed by atoms with Gasteiger partial charge in [0.25, 0.3) is 5.91 Å². The predicted molar refractivity (Wildman–Crippen MR) is 87.5 cm³/mol. The number of amides is 1. The molecule has 3 aromatic heterocycles. The van der Waals surface area contributed by atoms with Crippen LogP contribution in [0.15, 0.2) is 36.9 Å². The number of imidazole rings is 1. The van der Waals surface area contributed by atoms with Gasteiger partial charge in [0, 0.05) is 18.6 Å². The Bertz CT molecular complexity index is 861. The molecule has 7 heteroatoms. The first-order chi connectivity index (χ1) is 11.1. The second-order valence-corrected chi connectivity index (χ2v) is 5.68. The van der Waals surface area contributed by atoms with Gasteiger partial charge in [-0.05, 0) is 25.0 Å². The summed E-state index contributed by atoms with van der Waals surface area (Å²) in [6, 6.07) is 3.70. The fourth-order valence-electron chi connectivity index (χ4n) is 2.43. The summed E-state index contributed by atoms with van der Waals surface area (Å²) in [5.41, 5.74) is 2.21. The number of hydrogen-bond donors (Lipinski definition) is 1. The van der Waals surface area contributed by atoms with E-state index in [1.54, 1.807) is 23.0 Å². The lowest BCUT2D eigenvalue weighted by Crippen LogP contribution is -2.29. The molecule has 0 fully saturated rings. The second kappa shape index (κ2) is 6.34. The van der Waals surface area contributed by atoms with Crippen LogP contribution >= 0.6 is 11.6 Å². The highest BCUT2D eigenvalue weighted by Crippen LogP contribution is 2.18. The summed E-state index contributed by atoms with van der Waals surface area (Å²) in [4.78, 5) is 25.2. The number of halogens is 1. The molecule has 0 aliphatic carbocycles. The van der Waals surface area contributed by atoms with Crippen LogP contribution in [-0.2, 0) is 0 Å². The van der Waals surface area contributed by atoms with E-state index in [-0.39, 0.29) is 11.9 Å². The van der Waals surface area contributed by atoms with Crippen LogP contribution < -0.4 is 5.32 Å². The summed E-state index contributed by atoms with van der Waals surface area (Å²) in [5, 5.41) is 3.46. The molecule has 0 aromatic carbocycles. The third kappa shape index (κ3) is 3.17. The van der Waals surface area contributed by atoms with Gasteiger partial charge >= 0.3 is 0 Å². The Hall–Kier alpha value is -2.47. The lowest BCUT2D eigenvalue weighted by molar-refractivity contribution is 0.0930. The molecule has 0 saturated heterocycles. The van der Waals surface area contributed by atoms with Gasteiger partial charge in [-0.25, -0.2) is 9.97 Å². The first-order valence-electron chi connectivity index (χ1n) is 7.31. The summed E-state index contributed by atoms with van der Waals surface area (Å²) in [7, 11) is 0. The van der Waals surface area contributed by atoms with Crippen molar-refractivity contribution in [1.29, 1.82) is 0 Å². The normalized spacial score (nSPS) is 12.3. The zero-order chi connectivity index (χ0) is 16.4. The van der Waals surface area contributed by atoms with E-state index in [4.69, 9.17) is 11.6 Å². The minimum Gasteiger partial charge on any atom is -0.342 e. The minimum absolute atomic E-state index is 0.162. The molecule has 0 bridgehead atoms. The van der Waals surface area contributed by atoms with Crippen molar-refractivity contribution in [3.63, 3.8) is 0 Å². The molecule has 3 heterocycles. The number of fused-ring (bicyclic) bond motifs is 1. The Labute approximate surface area is 138 Å². The van der Waals surface area contributed by atoms with Crippen LogP contribution in [0, 0.1) is 6.92 Å². The molecule has 1 unspecified atom stereocenters. The van der Waals surface area contributed by atoms with Crippen LogP contribution in [0.3, 0.4) is 0 Å². The molecule has 0 saturated carbocycles. The Kier molecular flexibility index (Phi) is 4.25. The van der Waals surface area contributed by atoms with E-state index in [2.05, 4.69) is 20.3 Å². The molecule has 0 radical (unpaired) electrons. The van der Waals surface area contributed by atoms with Gasteiger partial charge in [0.15, 0.2) is 0 Å². The largest absolute Gasteiger partial charge is 0.342 e. The topological polar surface area (TPSA) is 72.2 Å². The monoisotopic (exact) mass is 329 g/mol. The zero-order valence-electron chi connectivity index (χ0n) is 12.8. The van der Waals surface area contributed by atoms with Crippen LogP contribution in [-0.4, -0.2) is 25.3 Å². The molecule has 0 spiro atoms. The number of aromatic nitrogens is 4. The molecule has 0 aliphatic rings. The second-order valence-electron chi connectivity index (χ2n) is 5.25. The molecule has 1 N–H and O–H groups in total. The molecular formula is C16H16ClN5O. The van der Waals surface area contributed by atoms with Crippen molar-refractivity contribution in [3.05, 3.63) is 58.9 Å². The van der Waals surface area contributed by atoms with Crippen molar-refractivity contribution in [1.82, 2.24) is 24.7 Å². The third-order valence-corrected chi connectivity index (χ3v) is 3.80. The first kappa shape index (κ1) is 15.4. The molecule has 1 amide bonds. The van der Waals surface area contributed by atoms with Crippen LogP contribution in [0.5, 0.6) is 0 Å². The number of nitrogens with zero attached hydrogens (tertiary/aromatic N) is 4. The highest BCUT2D eigenvalue weighted by atomic mass is 35.5. The Balaban J connectivity index is 1.85. The maximum atomic E-state index is 12.5. The SMILES string of the molecule is CCC(NC(=O)c1cn2cc(Cl)cnc2n1)c1ncccc1C. The number of nitrogens with one attached hydrogen (secondary N) is 1. The first-order valence-corrected chi connectivity index (χ1v) is 7.69. The average Bonchev–Trinajstić information content (AvgIpc) is 2.96. The Morgan fingerprint density at radius 1 is 1.39 bits per heavy atom. The molecular weight excluding hydrogens is 314 g/mol. The lowest BCUT2D eigenvalue weighted by atomic mass is 10.1. The Morgan fingerprint density at radius 2 is 2.22 bits per heavy atom. The molecule has 118 valence electrons. The highest BCUT2D eigenvalue weighted by molar-refractivity contribution is 6.30. The highest BCUT2D eigenvalue weighted by Gasteiger charge is 2.19. The van der Waals surface area contributed by atoms with Crippen LogP contribution in [0.4, 0.5) is 0 Å². The number of carbonyl (C=O) groups excluding carboxylic acids is 1. The fourth-order valence-corrected chi connectivity index (χ4v) is 2.58. The number of hydrogen-bond acceptors (Lipinski definition) is 4. The van der Waals surface area contributed by atoms with Crippen molar-refractivity contribution >= 4 is 23.3 Å². The predicted octanol–water partition coefficient (Wildman–Crippen LogP) is 2.97. The van der Waals surface area contributed by atoms with Gasteiger partial charge in [-0.3, -0.25) is 14.2 Å². The van der Waals surface area contributed by atoms with E-state index in [1.165, 1.54) is 6.20 Å². The lowest BCUT2D eigenvalue weighted by Gasteiger charge is -2.17. The van der Waals surface area contributed by atoms with Gasteiger partial charge < -0.3 is 5.32 Å². The quantitative estimate of drug-likeness (QED) is 0.798.